The van der Waals surface area contributed by atoms with Crippen LogP contribution in [0.2, 0.25) is 0 Å². The smallest absolute Gasteiger partial charge is 0.243 e. The van der Waals surface area contributed by atoms with Gasteiger partial charge in [-0.15, -0.1) is 0 Å². The van der Waals surface area contributed by atoms with Crippen LogP contribution in [0.15, 0.2) is 29.2 Å². The summed E-state index contributed by atoms with van der Waals surface area (Å²) in [4.78, 5) is 14.2. The molecule has 1 aromatic carbocycles. The highest BCUT2D eigenvalue weighted by Crippen LogP contribution is 2.19. The number of amides is 1. The average Bonchev–Trinajstić information content (AvgIpc) is 2.62. The number of carbonyl (C=O) groups excluding carboxylic acids is 1. The number of piperazine rings is 1. The Bertz CT molecular complexity index is 665. The number of aryl methyl sites for hydroxylation is 1. The first kappa shape index (κ1) is 19.9. The maximum absolute atomic E-state index is 12.8. The van der Waals surface area contributed by atoms with Crippen molar-refractivity contribution in [3.8, 4) is 0 Å². The molecule has 1 fully saturated rings. The lowest BCUT2D eigenvalue weighted by molar-refractivity contribution is -0.133. The molecular weight excluding hydrogens is 338 g/mol. The van der Waals surface area contributed by atoms with Crippen LogP contribution in [-0.2, 0) is 21.2 Å². The molecule has 140 valence electrons. The van der Waals surface area contributed by atoms with Crippen LogP contribution in [0.1, 0.15) is 38.7 Å². The minimum absolute atomic E-state index is 0.0807. The molecule has 1 unspecified atom stereocenters. The molecule has 6 nitrogen and oxygen atoms in total. The standard InChI is InChI=1S/C18H29N3O3S/c1-3-5-15-7-9-16(10-8-15)25(23,24)21-13-11-20(12-14-21)18(22)17(19)6-4-2/h7-10,17H,3-6,11-14,19H2,1-2H3. The quantitative estimate of drug-likeness (QED) is 0.793. The van der Waals surface area contributed by atoms with Crippen LogP contribution in [0.4, 0.5) is 0 Å². The van der Waals surface area contributed by atoms with Crippen LogP contribution in [0, 0.1) is 0 Å². The third-order valence-corrected chi connectivity index (χ3v) is 6.48. The molecule has 1 aromatic rings. The molecule has 2 rings (SSSR count). The van der Waals surface area contributed by atoms with Crippen molar-refractivity contribution in [2.75, 3.05) is 26.2 Å². The van der Waals surface area contributed by atoms with Crippen LogP contribution in [0.25, 0.3) is 0 Å². The van der Waals surface area contributed by atoms with E-state index in [-0.39, 0.29) is 5.91 Å². The van der Waals surface area contributed by atoms with E-state index >= 15 is 0 Å². The van der Waals surface area contributed by atoms with Gasteiger partial charge in [-0.1, -0.05) is 38.8 Å². The van der Waals surface area contributed by atoms with E-state index in [1.54, 1.807) is 17.0 Å². The maximum Gasteiger partial charge on any atom is 0.243 e. The van der Waals surface area contributed by atoms with Crippen molar-refractivity contribution in [1.82, 2.24) is 9.21 Å². The van der Waals surface area contributed by atoms with Crippen LogP contribution >= 0.6 is 0 Å². The van der Waals surface area contributed by atoms with Crippen molar-refractivity contribution < 1.29 is 13.2 Å². The number of carbonyl (C=O) groups is 1. The lowest BCUT2D eigenvalue weighted by Gasteiger charge is -2.35. The van der Waals surface area contributed by atoms with Gasteiger partial charge in [0.2, 0.25) is 15.9 Å². The molecule has 1 atom stereocenters. The van der Waals surface area contributed by atoms with Crippen LogP contribution in [-0.4, -0.2) is 55.8 Å². The fraction of sp³-hybridized carbons (Fsp3) is 0.611. The van der Waals surface area contributed by atoms with Crippen molar-refractivity contribution in [2.45, 2.75) is 50.5 Å². The molecule has 1 amide bonds. The van der Waals surface area contributed by atoms with Crippen molar-refractivity contribution in [3.05, 3.63) is 29.8 Å². The van der Waals surface area contributed by atoms with Gasteiger partial charge in [0.05, 0.1) is 10.9 Å². The van der Waals surface area contributed by atoms with Crippen LogP contribution < -0.4 is 5.73 Å². The highest BCUT2D eigenvalue weighted by Gasteiger charge is 2.31. The number of hydrogen-bond donors (Lipinski definition) is 1. The Hall–Kier alpha value is -1.44. The van der Waals surface area contributed by atoms with Crippen molar-refractivity contribution in [1.29, 1.82) is 0 Å². The summed E-state index contributed by atoms with van der Waals surface area (Å²) in [5.41, 5.74) is 7.03. The second kappa shape index (κ2) is 8.78. The van der Waals surface area contributed by atoms with E-state index in [0.717, 1.165) is 24.8 Å². The van der Waals surface area contributed by atoms with E-state index in [1.807, 2.05) is 19.1 Å². The number of nitrogens with zero attached hydrogens (tertiary/aromatic N) is 2. The van der Waals surface area contributed by atoms with Gasteiger partial charge in [0.25, 0.3) is 0 Å². The van der Waals surface area contributed by atoms with Gasteiger partial charge in [0.15, 0.2) is 0 Å². The summed E-state index contributed by atoms with van der Waals surface area (Å²) in [5.74, 6) is -0.0807. The van der Waals surface area contributed by atoms with Gasteiger partial charge in [-0.2, -0.15) is 4.31 Å². The zero-order chi connectivity index (χ0) is 18.4. The molecule has 0 aliphatic carbocycles. The molecular formula is C18H29N3O3S. The number of nitrogens with two attached hydrogens (primary N) is 1. The highest BCUT2D eigenvalue weighted by molar-refractivity contribution is 7.89. The zero-order valence-electron chi connectivity index (χ0n) is 15.1. The molecule has 1 saturated heterocycles. The summed E-state index contributed by atoms with van der Waals surface area (Å²) in [6, 6.07) is 6.61. The van der Waals surface area contributed by atoms with E-state index in [4.69, 9.17) is 5.73 Å². The van der Waals surface area contributed by atoms with Crippen molar-refractivity contribution in [2.24, 2.45) is 5.73 Å². The lowest BCUT2D eigenvalue weighted by Crippen LogP contribution is -2.54. The summed E-state index contributed by atoms with van der Waals surface area (Å²) in [7, 11) is -3.51. The monoisotopic (exact) mass is 367 g/mol. The van der Waals surface area contributed by atoms with Gasteiger partial charge >= 0.3 is 0 Å². The molecule has 0 spiro atoms. The van der Waals surface area contributed by atoms with Gasteiger partial charge in [0.1, 0.15) is 0 Å². The Morgan fingerprint density at radius 2 is 1.68 bits per heavy atom. The van der Waals surface area contributed by atoms with E-state index < -0.39 is 16.1 Å². The molecule has 1 heterocycles. The highest BCUT2D eigenvalue weighted by atomic mass is 32.2. The molecule has 0 bridgehead atoms. The van der Waals surface area contributed by atoms with E-state index in [2.05, 4.69) is 6.92 Å². The van der Waals surface area contributed by atoms with Gasteiger partial charge in [-0.3, -0.25) is 4.79 Å². The largest absolute Gasteiger partial charge is 0.339 e. The lowest BCUT2D eigenvalue weighted by atomic mass is 10.1. The number of sulfonamides is 1. The van der Waals surface area contributed by atoms with Crippen LogP contribution in [0.5, 0.6) is 0 Å². The summed E-state index contributed by atoms with van der Waals surface area (Å²) < 4.78 is 27.0. The second-order valence-electron chi connectivity index (χ2n) is 6.52. The fourth-order valence-corrected chi connectivity index (χ4v) is 4.51. The molecule has 0 saturated carbocycles. The minimum atomic E-state index is -3.51. The first-order valence-corrected chi connectivity index (χ1v) is 10.5. The number of benzene rings is 1. The zero-order valence-corrected chi connectivity index (χ0v) is 16.0. The Morgan fingerprint density at radius 1 is 1.08 bits per heavy atom. The minimum Gasteiger partial charge on any atom is -0.339 e. The summed E-state index contributed by atoms with van der Waals surface area (Å²) in [6.45, 7) is 5.49. The van der Waals surface area contributed by atoms with Crippen LogP contribution in [0.3, 0.4) is 0 Å². The molecule has 25 heavy (non-hydrogen) atoms. The Morgan fingerprint density at radius 3 is 2.20 bits per heavy atom. The maximum atomic E-state index is 12.8. The van der Waals surface area contributed by atoms with Gasteiger partial charge in [-0.25, -0.2) is 8.42 Å². The van der Waals surface area contributed by atoms with Crippen molar-refractivity contribution in [3.63, 3.8) is 0 Å². The number of rotatable bonds is 7. The first-order valence-electron chi connectivity index (χ1n) is 9.03. The molecule has 0 radical (unpaired) electrons. The van der Waals surface area contributed by atoms with E-state index in [1.165, 1.54) is 4.31 Å². The summed E-state index contributed by atoms with van der Waals surface area (Å²) in [5, 5.41) is 0. The molecule has 1 aliphatic rings. The molecule has 1 aliphatic heterocycles. The van der Waals surface area contributed by atoms with Gasteiger partial charge < -0.3 is 10.6 Å². The third-order valence-electron chi connectivity index (χ3n) is 4.57. The van der Waals surface area contributed by atoms with Gasteiger partial charge in [-0.05, 0) is 30.5 Å². The number of hydrogen-bond acceptors (Lipinski definition) is 4. The molecule has 0 aromatic heterocycles. The predicted octanol–water partition coefficient (Wildman–Crippen LogP) is 1.60. The normalized spacial score (nSPS) is 17.5. The Labute approximate surface area is 151 Å². The molecule has 2 N–H and O–H groups in total. The fourth-order valence-electron chi connectivity index (χ4n) is 3.08. The van der Waals surface area contributed by atoms with E-state index in [0.29, 0.717) is 37.5 Å². The summed E-state index contributed by atoms with van der Waals surface area (Å²) >= 11 is 0. The predicted molar refractivity (Wildman–Crippen MR) is 98.7 cm³/mol. The second-order valence-corrected chi connectivity index (χ2v) is 8.46. The molecule has 7 heteroatoms. The topological polar surface area (TPSA) is 83.7 Å². The summed E-state index contributed by atoms with van der Waals surface area (Å²) in [6.07, 6.45) is 3.48. The average molecular weight is 368 g/mol. The Balaban J connectivity index is 2.00. The van der Waals surface area contributed by atoms with E-state index in [9.17, 15) is 13.2 Å². The first-order chi connectivity index (χ1) is 11.9. The van der Waals surface area contributed by atoms with Gasteiger partial charge in [0, 0.05) is 26.2 Å². The van der Waals surface area contributed by atoms with Crippen molar-refractivity contribution >= 4 is 15.9 Å². The Kier molecular flexibility index (Phi) is 6.98. The third kappa shape index (κ3) is 4.80. The SMILES string of the molecule is CCCc1ccc(S(=O)(=O)N2CCN(C(=O)C(N)CCC)CC2)cc1.